The summed E-state index contributed by atoms with van der Waals surface area (Å²) in [6.07, 6.45) is 0.510. The highest BCUT2D eigenvalue weighted by molar-refractivity contribution is 6.41. The number of pyridine rings is 1. The van der Waals surface area contributed by atoms with Crippen LogP contribution in [0.1, 0.15) is 26.3 Å². The van der Waals surface area contributed by atoms with Gasteiger partial charge in [-0.3, -0.25) is 0 Å². The third kappa shape index (κ3) is 6.41. The lowest BCUT2D eigenvalue weighted by Crippen LogP contribution is -2.37. The summed E-state index contributed by atoms with van der Waals surface area (Å²) in [4.78, 5) is 15.3. The summed E-state index contributed by atoms with van der Waals surface area (Å²) in [6, 6.07) is 1.63. The molecule has 0 spiro atoms. The van der Waals surface area contributed by atoms with Gasteiger partial charge in [0.15, 0.2) is 0 Å². The SMILES string of the molecule is CC(C)(C)OC(=O)NCC(O)Cc1cnc(Cl)c(Cl)c1. The predicted molar refractivity (Wildman–Crippen MR) is 78.2 cm³/mol. The Labute approximate surface area is 128 Å². The molecule has 20 heavy (non-hydrogen) atoms. The van der Waals surface area contributed by atoms with Crippen LogP contribution in [0.3, 0.4) is 0 Å². The molecule has 5 nitrogen and oxygen atoms in total. The molecule has 1 unspecified atom stereocenters. The van der Waals surface area contributed by atoms with E-state index in [-0.39, 0.29) is 11.7 Å². The molecule has 1 heterocycles. The lowest BCUT2D eigenvalue weighted by atomic mass is 10.1. The molecule has 7 heteroatoms. The lowest BCUT2D eigenvalue weighted by molar-refractivity contribution is 0.0492. The van der Waals surface area contributed by atoms with Crippen LogP contribution in [0.2, 0.25) is 10.2 Å². The quantitative estimate of drug-likeness (QED) is 0.837. The zero-order valence-electron chi connectivity index (χ0n) is 11.6. The smallest absolute Gasteiger partial charge is 0.407 e. The number of nitrogens with one attached hydrogen (secondary N) is 1. The van der Waals surface area contributed by atoms with Gasteiger partial charge in [-0.25, -0.2) is 9.78 Å². The number of rotatable bonds is 4. The van der Waals surface area contributed by atoms with E-state index in [0.29, 0.717) is 11.4 Å². The van der Waals surface area contributed by atoms with Gasteiger partial charge in [0.25, 0.3) is 0 Å². The Morgan fingerprint density at radius 2 is 2.15 bits per heavy atom. The minimum atomic E-state index is -0.762. The first-order valence-corrected chi connectivity index (χ1v) is 6.88. The van der Waals surface area contributed by atoms with Crippen molar-refractivity contribution in [3.05, 3.63) is 28.0 Å². The molecule has 0 aliphatic heterocycles. The molecule has 1 rings (SSSR count). The Kier molecular flexibility index (Phi) is 6.05. The topological polar surface area (TPSA) is 71.5 Å². The van der Waals surface area contributed by atoms with Gasteiger partial charge in [-0.2, -0.15) is 0 Å². The van der Waals surface area contributed by atoms with Crippen LogP contribution in [0.4, 0.5) is 4.79 Å². The number of carbonyl (C=O) groups is 1. The first-order valence-electron chi connectivity index (χ1n) is 6.12. The fourth-order valence-corrected chi connectivity index (χ4v) is 1.72. The van der Waals surface area contributed by atoms with Gasteiger partial charge in [0.1, 0.15) is 10.8 Å². The average molecular weight is 321 g/mol. The molecule has 112 valence electrons. The molecule has 0 saturated carbocycles. The second-order valence-corrected chi connectivity index (χ2v) is 6.12. The van der Waals surface area contributed by atoms with Crippen molar-refractivity contribution in [3.63, 3.8) is 0 Å². The fraction of sp³-hybridized carbons (Fsp3) is 0.538. The van der Waals surface area contributed by atoms with Crippen LogP contribution in [0.25, 0.3) is 0 Å². The molecule has 1 aromatic heterocycles. The highest BCUT2D eigenvalue weighted by atomic mass is 35.5. The molecule has 1 amide bonds. The van der Waals surface area contributed by atoms with Crippen molar-refractivity contribution in [2.24, 2.45) is 0 Å². The first kappa shape index (κ1) is 17.0. The molecule has 0 radical (unpaired) electrons. The number of ether oxygens (including phenoxy) is 1. The van der Waals surface area contributed by atoms with E-state index in [1.807, 2.05) is 0 Å². The second-order valence-electron chi connectivity index (χ2n) is 5.36. The molecule has 0 saturated heterocycles. The van der Waals surface area contributed by atoms with Crippen molar-refractivity contribution in [1.82, 2.24) is 10.3 Å². The highest BCUT2D eigenvalue weighted by Gasteiger charge is 2.17. The number of carbonyl (C=O) groups excluding carboxylic acids is 1. The standard InChI is InChI=1S/C13H18Cl2N2O3/c1-13(2,3)20-12(19)17-7-9(18)4-8-5-10(14)11(15)16-6-8/h5-6,9,18H,4,7H2,1-3H3,(H,17,19). The van der Waals surface area contributed by atoms with Crippen molar-refractivity contribution in [2.45, 2.75) is 38.9 Å². The number of alkyl carbamates (subject to hydrolysis) is 1. The maximum absolute atomic E-state index is 11.4. The van der Waals surface area contributed by atoms with E-state index in [4.69, 9.17) is 27.9 Å². The van der Waals surface area contributed by atoms with Crippen LogP contribution >= 0.6 is 23.2 Å². The van der Waals surface area contributed by atoms with Crippen LogP contribution < -0.4 is 5.32 Å². The Bertz CT molecular complexity index is 475. The van der Waals surface area contributed by atoms with Crippen LogP contribution in [-0.2, 0) is 11.2 Å². The summed E-state index contributed by atoms with van der Waals surface area (Å²) in [6.45, 7) is 5.38. The maximum Gasteiger partial charge on any atom is 0.407 e. The van der Waals surface area contributed by atoms with E-state index in [2.05, 4.69) is 10.3 Å². The normalized spacial score (nSPS) is 12.9. The number of aromatic nitrogens is 1. The molecule has 0 fully saturated rings. The molecule has 2 N–H and O–H groups in total. The van der Waals surface area contributed by atoms with E-state index < -0.39 is 17.8 Å². The molecule has 1 aromatic rings. The number of amides is 1. The molecule has 1 atom stereocenters. The van der Waals surface area contributed by atoms with Crippen molar-refractivity contribution in [3.8, 4) is 0 Å². The zero-order valence-corrected chi connectivity index (χ0v) is 13.1. The number of nitrogens with zero attached hydrogens (tertiary/aromatic N) is 1. The fourth-order valence-electron chi connectivity index (χ4n) is 1.43. The minimum Gasteiger partial charge on any atom is -0.444 e. The van der Waals surface area contributed by atoms with E-state index >= 15 is 0 Å². The van der Waals surface area contributed by atoms with E-state index in [9.17, 15) is 9.90 Å². The average Bonchev–Trinajstić information content (AvgIpc) is 2.29. The molecule has 0 aliphatic carbocycles. The van der Waals surface area contributed by atoms with Gasteiger partial charge in [-0.05, 0) is 32.4 Å². The van der Waals surface area contributed by atoms with E-state index in [1.165, 1.54) is 6.20 Å². The van der Waals surface area contributed by atoms with Gasteiger partial charge in [0.2, 0.25) is 0 Å². The van der Waals surface area contributed by atoms with E-state index in [1.54, 1.807) is 26.8 Å². The number of hydrogen-bond acceptors (Lipinski definition) is 4. The Morgan fingerprint density at radius 1 is 1.50 bits per heavy atom. The van der Waals surface area contributed by atoms with Crippen LogP contribution in [0.5, 0.6) is 0 Å². The van der Waals surface area contributed by atoms with Gasteiger partial charge in [0.05, 0.1) is 11.1 Å². The van der Waals surface area contributed by atoms with Crippen LogP contribution in [0, 0.1) is 0 Å². The van der Waals surface area contributed by atoms with Gasteiger partial charge >= 0.3 is 6.09 Å². The highest BCUT2D eigenvalue weighted by Crippen LogP contribution is 2.20. The van der Waals surface area contributed by atoms with Crippen LogP contribution in [-0.4, -0.2) is 34.4 Å². The molecule has 0 aliphatic rings. The van der Waals surface area contributed by atoms with Gasteiger partial charge in [-0.1, -0.05) is 23.2 Å². The van der Waals surface area contributed by atoms with Crippen molar-refractivity contribution < 1.29 is 14.6 Å². The number of halogens is 2. The molecular formula is C13H18Cl2N2O3. The summed E-state index contributed by atoms with van der Waals surface area (Å²) in [7, 11) is 0. The summed E-state index contributed by atoms with van der Waals surface area (Å²) >= 11 is 11.5. The maximum atomic E-state index is 11.4. The van der Waals surface area contributed by atoms with Crippen molar-refractivity contribution in [1.29, 1.82) is 0 Å². The van der Waals surface area contributed by atoms with Crippen molar-refractivity contribution >= 4 is 29.3 Å². The Morgan fingerprint density at radius 3 is 2.70 bits per heavy atom. The number of aliphatic hydroxyl groups is 1. The summed E-state index contributed by atoms with van der Waals surface area (Å²) < 4.78 is 5.06. The second kappa shape index (κ2) is 7.11. The summed E-state index contributed by atoms with van der Waals surface area (Å²) in [5, 5.41) is 12.9. The lowest BCUT2D eigenvalue weighted by Gasteiger charge is -2.20. The third-order valence-electron chi connectivity index (χ3n) is 2.21. The molecular weight excluding hydrogens is 303 g/mol. The third-order valence-corrected chi connectivity index (χ3v) is 2.89. The van der Waals surface area contributed by atoms with E-state index in [0.717, 1.165) is 5.56 Å². The van der Waals surface area contributed by atoms with Gasteiger partial charge < -0.3 is 15.2 Å². The molecule has 0 aromatic carbocycles. The predicted octanol–water partition coefficient (Wildman–Crippen LogP) is 2.82. The van der Waals surface area contributed by atoms with Gasteiger partial charge in [0, 0.05) is 19.2 Å². The summed E-state index contributed by atoms with van der Waals surface area (Å²) in [5.41, 5.74) is 0.167. The minimum absolute atomic E-state index is 0.0785. The van der Waals surface area contributed by atoms with Crippen molar-refractivity contribution in [2.75, 3.05) is 6.54 Å². The number of hydrogen-bond donors (Lipinski definition) is 2. The molecule has 0 bridgehead atoms. The first-order chi connectivity index (χ1) is 9.17. The summed E-state index contributed by atoms with van der Waals surface area (Å²) in [5.74, 6) is 0. The van der Waals surface area contributed by atoms with Gasteiger partial charge in [-0.15, -0.1) is 0 Å². The monoisotopic (exact) mass is 320 g/mol. The number of aliphatic hydroxyl groups excluding tert-OH is 1. The Balaban J connectivity index is 2.42. The Hall–Kier alpha value is -1.04. The van der Waals surface area contributed by atoms with Crippen LogP contribution in [0.15, 0.2) is 12.3 Å². The largest absolute Gasteiger partial charge is 0.444 e. The zero-order chi connectivity index (χ0) is 15.3.